The molecule has 0 saturated carbocycles. The summed E-state index contributed by atoms with van der Waals surface area (Å²) < 4.78 is 5.13. The highest BCUT2D eigenvalue weighted by Gasteiger charge is 2.15. The molecule has 0 spiro atoms. The van der Waals surface area contributed by atoms with Gasteiger partial charge in [-0.1, -0.05) is 30.3 Å². The van der Waals surface area contributed by atoms with E-state index in [-0.39, 0.29) is 5.91 Å². The van der Waals surface area contributed by atoms with Crippen molar-refractivity contribution < 1.29 is 14.3 Å². The van der Waals surface area contributed by atoms with Gasteiger partial charge in [-0.25, -0.2) is 4.79 Å². The molecule has 4 N–H and O–H groups in total. The quantitative estimate of drug-likeness (QED) is 0.633. The predicted octanol–water partition coefficient (Wildman–Crippen LogP) is 1.98. The van der Waals surface area contributed by atoms with Gasteiger partial charge in [0.25, 0.3) is 0 Å². The van der Waals surface area contributed by atoms with Crippen LogP contribution in [-0.4, -0.2) is 36.7 Å². The second-order valence-electron chi connectivity index (χ2n) is 6.72. The molecule has 1 aromatic carbocycles. The van der Waals surface area contributed by atoms with Crippen LogP contribution in [0.5, 0.6) is 0 Å². The number of carbonyl (C=O) groups excluding carboxylic acids is 2. The number of alkyl carbamates (subject to hydrolysis) is 1. The third-order valence-corrected chi connectivity index (χ3v) is 3.21. The third kappa shape index (κ3) is 9.15. The van der Waals surface area contributed by atoms with Crippen molar-refractivity contribution in [3.8, 4) is 0 Å². The number of hydrogen-bond acceptors (Lipinski definition) is 4. The molecule has 0 heterocycles. The van der Waals surface area contributed by atoms with Gasteiger partial charge in [0.15, 0.2) is 0 Å². The molecule has 0 unspecified atom stereocenters. The van der Waals surface area contributed by atoms with Crippen LogP contribution < -0.4 is 16.4 Å². The van der Waals surface area contributed by atoms with Crippen molar-refractivity contribution in [3.63, 3.8) is 0 Å². The molecule has 0 aromatic heterocycles. The maximum Gasteiger partial charge on any atom is 0.407 e. The maximum atomic E-state index is 11.9. The maximum absolute atomic E-state index is 11.9. The molecule has 0 radical (unpaired) electrons. The predicted molar refractivity (Wildman–Crippen MR) is 94.6 cm³/mol. The first-order valence-corrected chi connectivity index (χ1v) is 8.32. The van der Waals surface area contributed by atoms with E-state index in [0.717, 1.165) is 18.4 Å². The Kier molecular flexibility index (Phi) is 8.26. The van der Waals surface area contributed by atoms with Crippen LogP contribution in [0.3, 0.4) is 0 Å². The highest BCUT2D eigenvalue weighted by molar-refractivity contribution is 5.81. The van der Waals surface area contributed by atoms with Crippen LogP contribution in [0.4, 0.5) is 4.79 Å². The largest absolute Gasteiger partial charge is 0.444 e. The number of hydrogen-bond donors (Lipinski definition) is 3. The van der Waals surface area contributed by atoms with E-state index in [1.165, 1.54) is 0 Å². The van der Waals surface area contributed by atoms with Gasteiger partial charge >= 0.3 is 6.09 Å². The number of unbranched alkanes of at least 4 members (excludes halogenated alkanes) is 1. The fraction of sp³-hybridized carbons (Fsp3) is 0.556. The molecular formula is C18H29N3O3. The summed E-state index contributed by atoms with van der Waals surface area (Å²) in [4.78, 5) is 23.4. The molecule has 6 heteroatoms. The van der Waals surface area contributed by atoms with Crippen molar-refractivity contribution in [2.45, 2.75) is 51.7 Å². The normalized spacial score (nSPS) is 12.3. The van der Waals surface area contributed by atoms with Gasteiger partial charge in [0.2, 0.25) is 5.91 Å². The highest BCUT2D eigenvalue weighted by atomic mass is 16.6. The van der Waals surface area contributed by atoms with Crippen LogP contribution in [0.25, 0.3) is 0 Å². The van der Waals surface area contributed by atoms with Gasteiger partial charge in [0.1, 0.15) is 5.60 Å². The van der Waals surface area contributed by atoms with E-state index < -0.39 is 17.7 Å². The fourth-order valence-electron chi connectivity index (χ4n) is 2.06. The van der Waals surface area contributed by atoms with Crippen LogP contribution >= 0.6 is 0 Å². The summed E-state index contributed by atoms with van der Waals surface area (Å²) in [5, 5.41) is 5.51. The molecule has 1 aromatic rings. The van der Waals surface area contributed by atoms with Crippen molar-refractivity contribution in [2.75, 3.05) is 13.1 Å². The first-order chi connectivity index (χ1) is 11.3. The smallest absolute Gasteiger partial charge is 0.407 e. The topological polar surface area (TPSA) is 93.5 Å². The van der Waals surface area contributed by atoms with E-state index >= 15 is 0 Å². The molecular weight excluding hydrogens is 306 g/mol. The van der Waals surface area contributed by atoms with Gasteiger partial charge in [-0.2, -0.15) is 0 Å². The van der Waals surface area contributed by atoms with Gasteiger partial charge in [0, 0.05) is 13.1 Å². The summed E-state index contributed by atoms with van der Waals surface area (Å²) >= 11 is 0. The molecule has 0 aliphatic heterocycles. The Balaban J connectivity index is 2.10. The molecule has 0 fully saturated rings. The second kappa shape index (κ2) is 9.93. The van der Waals surface area contributed by atoms with Gasteiger partial charge < -0.3 is 21.1 Å². The van der Waals surface area contributed by atoms with Crippen LogP contribution in [-0.2, 0) is 16.0 Å². The van der Waals surface area contributed by atoms with Crippen molar-refractivity contribution >= 4 is 12.0 Å². The Labute approximate surface area is 144 Å². The van der Waals surface area contributed by atoms with Gasteiger partial charge in [0.05, 0.1) is 6.04 Å². The van der Waals surface area contributed by atoms with Crippen LogP contribution in [0.15, 0.2) is 30.3 Å². The third-order valence-electron chi connectivity index (χ3n) is 3.21. The molecule has 24 heavy (non-hydrogen) atoms. The van der Waals surface area contributed by atoms with Crippen molar-refractivity contribution in [1.29, 1.82) is 0 Å². The number of benzene rings is 1. The minimum Gasteiger partial charge on any atom is -0.444 e. The van der Waals surface area contributed by atoms with Crippen LogP contribution in [0.1, 0.15) is 39.2 Å². The molecule has 0 bridgehead atoms. The van der Waals surface area contributed by atoms with Crippen LogP contribution in [0, 0.1) is 0 Å². The Morgan fingerprint density at radius 2 is 1.67 bits per heavy atom. The summed E-state index contributed by atoms with van der Waals surface area (Å²) in [6.07, 6.45) is 1.62. The van der Waals surface area contributed by atoms with Gasteiger partial charge in [-0.05, 0) is 45.6 Å². The van der Waals surface area contributed by atoms with Crippen LogP contribution in [0.2, 0.25) is 0 Å². The summed E-state index contributed by atoms with van der Waals surface area (Å²) in [7, 11) is 0. The average molecular weight is 335 g/mol. The molecule has 1 atom stereocenters. The summed E-state index contributed by atoms with van der Waals surface area (Å²) in [5.74, 6) is -0.154. The van der Waals surface area contributed by atoms with Gasteiger partial charge in [-0.3, -0.25) is 4.79 Å². The summed E-state index contributed by atoms with van der Waals surface area (Å²) in [6, 6.07) is 9.15. The SMILES string of the molecule is CC(C)(C)OC(=O)NCCCCNC(=O)[C@@H](N)Cc1ccccc1. The monoisotopic (exact) mass is 335 g/mol. The lowest BCUT2D eigenvalue weighted by atomic mass is 10.1. The number of nitrogens with two attached hydrogens (primary N) is 1. The zero-order valence-corrected chi connectivity index (χ0v) is 14.8. The molecule has 6 nitrogen and oxygen atoms in total. The van der Waals surface area contributed by atoms with E-state index in [0.29, 0.717) is 19.5 Å². The lowest BCUT2D eigenvalue weighted by molar-refractivity contribution is -0.122. The first kappa shape index (κ1) is 20.0. The summed E-state index contributed by atoms with van der Waals surface area (Å²) in [6.45, 7) is 6.51. The molecule has 0 aliphatic rings. The lowest BCUT2D eigenvalue weighted by Gasteiger charge is -2.19. The van der Waals surface area contributed by atoms with Crippen molar-refractivity contribution in [1.82, 2.24) is 10.6 Å². The average Bonchev–Trinajstić information content (AvgIpc) is 2.49. The molecule has 0 aliphatic carbocycles. The van der Waals surface area contributed by atoms with E-state index in [1.807, 2.05) is 51.1 Å². The Hall–Kier alpha value is -2.08. The minimum atomic E-state index is -0.549. The lowest BCUT2D eigenvalue weighted by Crippen LogP contribution is -2.42. The van der Waals surface area contributed by atoms with E-state index in [4.69, 9.17) is 10.5 Å². The number of nitrogens with one attached hydrogen (secondary N) is 2. The molecule has 0 saturated heterocycles. The first-order valence-electron chi connectivity index (χ1n) is 8.32. The fourth-order valence-corrected chi connectivity index (χ4v) is 2.06. The number of carbonyl (C=O) groups is 2. The Bertz CT molecular complexity index is 512. The molecule has 2 amide bonds. The molecule has 134 valence electrons. The summed E-state index contributed by atoms with van der Waals surface area (Å²) in [5.41, 5.74) is 6.45. The number of rotatable bonds is 8. The zero-order valence-electron chi connectivity index (χ0n) is 14.8. The van der Waals surface area contributed by atoms with E-state index in [2.05, 4.69) is 10.6 Å². The van der Waals surface area contributed by atoms with Crippen molar-refractivity contribution in [3.05, 3.63) is 35.9 Å². The minimum absolute atomic E-state index is 0.154. The second-order valence-corrected chi connectivity index (χ2v) is 6.72. The Morgan fingerprint density at radius 3 is 2.25 bits per heavy atom. The van der Waals surface area contributed by atoms with Gasteiger partial charge in [-0.15, -0.1) is 0 Å². The standard InChI is InChI=1S/C18H29N3O3/c1-18(2,3)24-17(23)21-12-8-7-11-20-16(22)15(19)13-14-9-5-4-6-10-14/h4-6,9-10,15H,7-8,11-13,19H2,1-3H3,(H,20,22)(H,21,23)/t15-/m0/s1. The van der Waals surface area contributed by atoms with E-state index in [1.54, 1.807) is 0 Å². The highest BCUT2D eigenvalue weighted by Crippen LogP contribution is 2.06. The van der Waals surface area contributed by atoms with Crippen molar-refractivity contribution in [2.24, 2.45) is 5.73 Å². The number of ether oxygens (including phenoxy) is 1. The molecule has 1 rings (SSSR count). The zero-order chi connectivity index (χ0) is 18.0. The number of amides is 2. The Morgan fingerprint density at radius 1 is 1.08 bits per heavy atom. The van der Waals surface area contributed by atoms with E-state index in [9.17, 15) is 9.59 Å².